The summed E-state index contributed by atoms with van der Waals surface area (Å²) in [6.07, 6.45) is 4.14. The van der Waals surface area contributed by atoms with Crippen LogP contribution < -0.4 is 10.6 Å². The first kappa shape index (κ1) is 12.4. The van der Waals surface area contributed by atoms with Crippen molar-refractivity contribution in [2.75, 3.05) is 37.1 Å². The molecule has 1 aromatic heterocycles. The molecule has 1 aliphatic carbocycles. The predicted octanol–water partition coefficient (Wildman–Crippen LogP) is 1.42. The van der Waals surface area contributed by atoms with Gasteiger partial charge in [0.05, 0.1) is 6.61 Å². The highest BCUT2D eigenvalue weighted by atomic mass is 32.2. The SMILES string of the molecule is CNc1cc(NCC2(CO)CC2)nc(SC)n1. The van der Waals surface area contributed by atoms with Crippen molar-refractivity contribution in [3.8, 4) is 0 Å². The fourth-order valence-corrected chi connectivity index (χ4v) is 1.96. The molecular weight excluding hydrogens is 236 g/mol. The molecule has 2 rings (SSSR count). The van der Waals surface area contributed by atoms with Gasteiger partial charge in [-0.15, -0.1) is 0 Å². The molecule has 0 aliphatic heterocycles. The van der Waals surface area contributed by atoms with Crippen molar-refractivity contribution in [3.63, 3.8) is 0 Å². The van der Waals surface area contributed by atoms with Gasteiger partial charge in [-0.1, -0.05) is 11.8 Å². The van der Waals surface area contributed by atoms with Gasteiger partial charge < -0.3 is 15.7 Å². The van der Waals surface area contributed by atoms with E-state index in [1.807, 2.05) is 19.4 Å². The molecule has 1 heterocycles. The molecule has 3 N–H and O–H groups in total. The van der Waals surface area contributed by atoms with Crippen molar-refractivity contribution >= 4 is 23.4 Å². The van der Waals surface area contributed by atoms with Crippen LogP contribution in [0.25, 0.3) is 0 Å². The van der Waals surface area contributed by atoms with Crippen LogP contribution >= 0.6 is 11.8 Å². The third kappa shape index (κ3) is 3.01. The predicted molar refractivity (Wildman–Crippen MR) is 70.6 cm³/mol. The Morgan fingerprint density at radius 1 is 1.41 bits per heavy atom. The Hall–Kier alpha value is -1.01. The molecule has 17 heavy (non-hydrogen) atoms. The maximum atomic E-state index is 9.25. The second-order valence-corrected chi connectivity index (χ2v) is 5.16. The highest BCUT2D eigenvalue weighted by molar-refractivity contribution is 7.98. The second-order valence-electron chi connectivity index (χ2n) is 4.39. The van der Waals surface area contributed by atoms with E-state index in [2.05, 4.69) is 20.6 Å². The summed E-state index contributed by atoms with van der Waals surface area (Å²) in [5, 5.41) is 16.3. The first-order valence-electron chi connectivity index (χ1n) is 5.67. The van der Waals surface area contributed by atoms with Crippen LogP contribution in [0.5, 0.6) is 0 Å². The van der Waals surface area contributed by atoms with E-state index in [9.17, 15) is 5.11 Å². The number of rotatable bonds is 6. The third-order valence-corrected chi connectivity index (χ3v) is 3.63. The lowest BCUT2D eigenvalue weighted by atomic mass is 10.1. The van der Waals surface area contributed by atoms with Gasteiger partial charge in [-0.25, -0.2) is 9.97 Å². The van der Waals surface area contributed by atoms with E-state index in [0.717, 1.165) is 36.2 Å². The second kappa shape index (κ2) is 5.10. The zero-order valence-corrected chi connectivity index (χ0v) is 11.0. The van der Waals surface area contributed by atoms with Crippen LogP contribution in [0.15, 0.2) is 11.2 Å². The van der Waals surface area contributed by atoms with Gasteiger partial charge in [-0.2, -0.15) is 0 Å². The van der Waals surface area contributed by atoms with Gasteiger partial charge >= 0.3 is 0 Å². The Kier molecular flexibility index (Phi) is 3.73. The van der Waals surface area contributed by atoms with Crippen LogP contribution in [-0.2, 0) is 0 Å². The van der Waals surface area contributed by atoms with Crippen LogP contribution in [0.1, 0.15) is 12.8 Å². The lowest BCUT2D eigenvalue weighted by molar-refractivity contribution is 0.219. The fourth-order valence-electron chi connectivity index (χ4n) is 1.58. The van der Waals surface area contributed by atoms with Crippen molar-refractivity contribution in [1.82, 2.24) is 9.97 Å². The summed E-state index contributed by atoms with van der Waals surface area (Å²) in [5.41, 5.74) is 0.0876. The number of anilines is 2. The van der Waals surface area contributed by atoms with Gasteiger partial charge in [0.1, 0.15) is 11.6 Å². The van der Waals surface area contributed by atoms with Gasteiger partial charge in [-0.3, -0.25) is 0 Å². The molecule has 0 amide bonds. The quantitative estimate of drug-likeness (QED) is 0.527. The number of hydrogen-bond donors (Lipinski definition) is 3. The fraction of sp³-hybridized carbons (Fsp3) is 0.636. The van der Waals surface area contributed by atoms with E-state index >= 15 is 0 Å². The van der Waals surface area contributed by atoms with Crippen LogP contribution in [0, 0.1) is 5.41 Å². The van der Waals surface area contributed by atoms with Gasteiger partial charge in [0.2, 0.25) is 0 Å². The van der Waals surface area contributed by atoms with Crippen LogP contribution in [0.4, 0.5) is 11.6 Å². The van der Waals surface area contributed by atoms with E-state index < -0.39 is 0 Å². The molecule has 1 aromatic rings. The Balaban J connectivity index is 2.04. The van der Waals surface area contributed by atoms with Crippen molar-refractivity contribution in [2.45, 2.75) is 18.0 Å². The molecule has 0 spiro atoms. The highest BCUT2D eigenvalue weighted by Gasteiger charge is 2.41. The van der Waals surface area contributed by atoms with Crippen molar-refractivity contribution in [1.29, 1.82) is 0 Å². The average Bonchev–Trinajstić information content (AvgIpc) is 3.16. The molecular formula is C11H18N4OS. The Bertz CT molecular complexity index is 373. The lowest BCUT2D eigenvalue weighted by Gasteiger charge is -2.14. The number of nitrogens with one attached hydrogen (secondary N) is 2. The van der Waals surface area contributed by atoms with E-state index in [1.54, 1.807) is 0 Å². The van der Waals surface area contributed by atoms with Crippen molar-refractivity contribution in [3.05, 3.63) is 6.07 Å². The maximum absolute atomic E-state index is 9.25. The summed E-state index contributed by atoms with van der Waals surface area (Å²) in [4.78, 5) is 8.69. The third-order valence-electron chi connectivity index (χ3n) is 3.08. The standard InChI is InChI=1S/C11H18N4OS/c1-12-8-5-9(15-10(14-8)17-2)13-6-11(7-16)3-4-11/h5,16H,3-4,6-7H2,1-2H3,(H2,12,13,14,15). The molecule has 0 unspecified atom stereocenters. The highest BCUT2D eigenvalue weighted by Crippen LogP contribution is 2.44. The number of aliphatic hydroxyl groups is 1. The zero-order valence-electron chi connectivity index (χ0n) is 10.2. The number of aromatic nitrogens is 2. The zero-order chi connectivity index (χ0) is 12.3. The van der Waals surface area contributed by atoms with E-state index in [4.69, 9.17) is 0 Å². The molecule has 0 atom stereocenters. The van der Waals surface area contributed by atoms with Gasteiger partial charge in [0.15, 0.2) is 5.16 Å². The molecule has 94 valence electrons. The van der Waals surface area contributed by atoms with Crippen LogP contribution in [0.3, 0.4) is 0 Å². The smallest absolute Gasteiger partial charge is 0.191 e. The number of thioether (sulfide) groups is 1. The Labute approximate surface area is 105 Å². The van der Waals surface area contributed by atoms with Crippen LogP contribution in [-0.4, -0.2) is 41.5 Å². The van der Waals surface area contributed by atoms with E-state index in [-0.39, 0.29) is 12.0 Å². The summed E-state index contributed by atoms with van der Waals surface area (Å²) in [6.45, 7) is 1.02. The van der Waals surface area contributed by atoms with Crippen LogP contribution in [0.2, 0.25) is 0 Å². The Morgan fingerprint density at radius 3 is 2.65 bits per heavy atom. The minimum absolute atomic E-state index is 0.0876. The van der Waals surface area contributed by atoms with Crippen molar-refractivity contribution < 1.29 is 5.11 Å². The molecule has 1 aliphatic rings. The summed E-state index contributed by atoms with van der Waals surface area (Å²) < 4.78 is 0. The summed E-state index contributed by atoms with van der Waals surface area (Å²) in [7, 11) is 1.84. The molecule has 0 saturated heterocycles. The molecule has 1 fully saturated rings. The topological polar surface area (TPSA) is 70.1 Å². The molecule has 6 heteroatoms. The lowest BCUT2D eigenvalue weighted by Crippen LogP contribution is -2.19. The normalized spacial score (nSPS) is 16.6. The first-order chi connectivity index (χ1) is 8.21. The molecule has 0 bridgehead atoms. The molecule has 0 aromatic carbocycles. The number of aliphatic hydroxyl groups excluding tert-OH is 1. The van der Waals surface area contributed by atoms with Gasteiger partial charge in [0, 0.05) is 25.1 Å². The van der Waals surface area contributed by atoms with E-state index in [0.29, 0.717) is 0 Å². The summed E-state index contributed by atoms with van der Waals surface area (Å²) in [5.74, 6) is 1.62. The summed E-state index contributed by atoms with van der Waals surface area (Å²) in [6, 6.07) is 1.88. The summed E-state index contributed by atoms with van der Waals surface area (Å²) >= 11 is 1.52. The van der Waals surface area contributed by atoms with E-state index in [1.165, 1.54) is 11.8 Å². The van der Waals surface area contributed by atoms with Gasteiger partial charge in [0.25, 0.3) is 0 Å². The molecule has 5 nitrogen and oxygen atoms in total. The number of nitrogens with zero attached hydrogens (tertiary/aromatic N) is 2. The maximum Gasteiger partial charge on any atom is 0.191 e. The molecule has 1 saturated carbocycles. The average molecular weight is 254 g/mol. The van der Waals surface area contributed by atoms with Gasteiger partial charge in [-0.05, 0) is 19.1 Å². The number of hydrogen-bond acceptors (Lipinski definition) is 6. The monoisotopic (exact) mass is 254 g/mol. The minimum Gasteiger partial charge on any atom is -0.396 e. The van der Waals surface area contributed by atoms with Crippen molar-refractivity contribution in [2.24, 2.45) is 5.41 Å². The largest absolute Gasteiger partial charge is 0.396 e. The Morgan fingerprint density at radius 2 is 2.12 bits per heavy atom. The molecule has 0 radical (unpaired) electrons. The first-order valence-corrected chi connectivity index (χ1v) is 6.89. The minimum atomic E-state index is 0.0876.